The topological polar surface area (TPSA) is 37.6 Å². The van der Waals surface area contributed by atoms with E-state index in [4.69, 9.17) is 15.0 Å². The fourth-order valence-electron chi connectivity index (χ4n) is 4.95. The van der Waals surface area contributed by atoms with E-state index in [0.29, 0.717) is 0 Å². The van der Waals surface area contributed by atoms with Gasteiger partial charge in [-0.2, -0.15) is 0 Å². The number of nitrogens with zero attached hydrogens (tertiary/aromatic N) is 3. The summed E-state index contributed by atoms with van der Waals surface area (Å²) in [5.41, 5.74) is 12.5. The number of para-hydroxylation sites is 2. The number of pyridine rings is 1. The number of aryl methyl sites for hydroxylation is 5. The standard InChI is InChI=1S/C34H45N3.2ClH.Fe/c1-8-14-27-18-12-19-28(15-9-2)33(27)35-25(6)31-22-24(5)23-32(37-31)26(7)36-34-29(16-10-3)20-13-21-30(34)17-11-4;;;/h12-13,18-23H,8-11,14-17H2,1-7H3;2*1H;/q;;;+2/p-2. The maximum absolute atomic E-state index is 5.18. The fraction of sp³-hybridized carbons (Fsp3) is 0.441. The molecule has 0 N–H and O–H groups in total. The summed E-state index contributed by atoms with van der Waals surface area (Å²) in [5, 5.41) is 0. The van der Waals surface area contributed by atoms with Crippen molar-refractivity contribution in [3.05, 3.63) is 87.7 Å². The molecule has 0 aliphatic carbocycles. The molecule has 3 rings (SSSR count). The first-order valence-corrected chi connectivity index (χ1v) is 14.2. The summed E-state index contributed by atoms with van der Waals surface area (Å²) in [6.45, 7) is 15.2. The second kappa shape index (κ2) is 19.2. The van der Waals surface area contributed by atoms with Crippen molar-refractivity contribution in [3.63, 3.8) is 0 Å². The van der Waals surface area contributed by atoms with E-state index < -0.39 is 0 Å². The van der Waals surface area contributed by atoms with Crippen molar-refractivity contribution in [2.75, 3.05) is 0 Å². The van der Waals surface area contributed by atoms with Gasteiger partial charge in [-0.05, 0) is 86.4 Å². The van der Waals surface area contributed by atoms with Gasteiger partial charge in [0.1, 0.15) is 0 Å². The number of rotatable bonds is 12. The molecule has 1 heterocycles. The van der Waals surface area contributed by atoms with Crippen LogP contribution in [0.1, 0.15) is 106 Å². The molecule has 40 heavy (non-hydrogen) atoms. The Kier molecular flexibility index (Phi) is 18.3. The number of hydrogen-bond donors (Lipinski definition) is 0. The molecule has 3 nitrogen and oxygen atoms in total. The molecule has 0 unspecified atom stereocenters. The molecule has 0 bridgehead atoms. The summed E-state index contributed by atoms with van der Waals surface area (Å²) in [4.78, 5) is 15.4. The maximum atomic E-state index is 5.18. The molecule has 0 fully saturated rings. The van der Waals surface area contributed by atoms with Crippen LogP contribution < -0.4 is 24.8 Å². The molecule has 0 radical (unpaired) electrons. The third kappa shape index (κ3) is 10.1. The van der Waals surface area contributed by atoms with Gasteiger partial charge in [0.25, 0.3) is 0 Å². The van der Waals surface area contributed by atoms with E-state index in [1.165, 1.54) is 27.8 Å². The molecule has 0 spiro atoms. The molecule has 2 aromatic carbocycles. The first-order valence-electron chi connectivity index (χ1n) is 14.2. The largest absolute Gasteiger partial charge is 2.00 e. The smallest absolute Gasteiger partial charge is 1.00 e. The van der Waals surface area contributed by atoms with Gasteiger partial charge in [0, 0.05) is 0 Å². The van der Waals surface area contributed by atoms with Gasteiger partial charge in [0.05, 0.1) is 34.2 Å². The monoisotopic (exact) mass is 621 g/mol. The first-order chi connectivity index (χ1) is 17.9. The average molecular weight is 623 g/mol. The van der Waals surface area contributed by atoms with E-state index in [1.54, 1.807) is 0 Å². The molecule has 0 aliphatic rings. The number of hydrogen-bond acceptors (Lipinski definition) is 3. The van der Waals surface area contributed by atoms with Gasteiger partial charge in [-0.3, -0.25) is 9.98 Å². The van der Waals surface area contributed by atoms with Crippen LogP contribution >= 0.6 is 0 Å². The van der Waals surface area contributed by atoms with Crippen LogP contribution in [-0.4, -0.2) is 16.4 Å². The maximum Gasteiger partial charge on any atom is 2.00 e. The Bertz CT molecular complexity index is 1130. The van der Waals surface area contributed by atoms with E-state index in [-0.39, 0.29) is 41.9 Å². The van der Waals surface area contributed by atoms with Crippen molar-refractivity contribution in [2.45, 2.75) is 99.8 Å². The summed E-state index contributed by atoms with van der Waals surface area (Å²) in [7, 11) is 0. The molecule has 0 atom stereocenters. The average Bonchev–Trinajstić information content (AvgIpc) is 2.87. The van der Waals surface area contributed by atoms with Gasteiger partial charge in [-0.1, -0.05) is 89.8 Å². The number of benzene rings is 2. The van der Waals surface area contributed by atoms with Gasteiger partial charge in [0.2, 0.25) is 0 Å². The molecular formula is C34H45Cl2FeN3. The zero-order valence-electron chi connectivity index (χ0n) is 25.2. The minimum absolute atomic E-state index is 0. The Balaban J connectivity index is 0.00000507. The summed E-state index contributed by atoms with van der Waals surface area (Å²) in [5.74, 6) is 0. The second-order valence-electron chi connectivity index (χ2n) is 10.2. The molecule has 0 aliphatic heterocycles. The Hall–Kier alpha value is -1.97. The fourth-order valence-corrected chi connectivity index (χ4v) is 4.95. The minimum atomic E-state index is 0. The zero-order chi connectivity index (χ0) is 26.8. The van der Waals surface area contributed by atoms with Crippen LogP contribution in [0.4, 0.5) is 11.4 Å². The molecule has 0 amide bonds. The van der Waals surface area contributed by atoms with Crippen molar-refractivity contribution < 1.29 is 41.9 Å². The minimum Gasteiger partial charge on any atom is -1.00 e. The Morgan fingerprint density at radius 3 is 1.18 bits per heavy atom. The van der Waals surface area contributed by atoms with Crippen molar-refractivity contribution in [1.82, 2.24) is 4.98 Å². The number of halogens is 2. The van der Waals surface area contributed by atoms with Gasteiger partial charge in [0.15, 0.2) is 0 Å². The van der Waals surface area contributed by atoms with Crippen LogP contribution in [-0.2, 0) is 42.8 Å². The Morgan fingerprint density at radius 2 is 0.900 bits per heavy atom. The summed E-state index contributed by atoms with van der Waals surface area (Å²) < 4.78 is 0. The quantitative estimate of drug-likeness (QED) is 0.225. The molecule has 3 aromatic rings. The first kappa shape index (κ1) is 38.0. The van der Waals surface area contributed by atoms with Crippen molar-refractivity contribution in [1.29, 1.82) is 0 Å². The third-order valence-corrected chi connectivity index (χ3v) is 6.75. The second-order valence-corrected chi connectivity index (χ2v) is 10.2. The van der Waals surface area contributed by atoms with E-state index >= 15 is 0 Å². The van der Waals surface area contributed by atoms with Gasteiger partial charge >= 0.3 is 17.1 Å². The van der Waals surface area contributed by atoms with Gasteiger partial charge in [-0.15, -0.1) is 0 Å². The Labute approximate surface area is 266 Å². The molecule has 218 valence electrons. The predicted octanol–water partition coefficient (Wildman–Crippen LogP) is 3.49. The Morgan fingerprint density at radius 1 is 0.600 bits per heavy atom. The van der Waals surface area contributed by atoms with Crippen LogP contribution in [0.3, 0.4) is 0 Å². The van der Waals surface area contributed by atoms with Crippen molar-refractivity contribution in [2.24, 2.45) is 9.98 Å². The van der Waals surface area contributed by atoms with E-state index in [9.17, 15) is 0 Å². The van der Waals surface area contributed by atoms with Crippen LogP contribution in [0.15, 0.2) is 58.5 Å². The van der Waals surface area contributed by atoms with Crippen LogP contribution in [0.25, 0.3) is 0 Å². The van der Waals surface area contributed by atoms with Crippen LogP contribution in [0.2, 0.25) is 0 Å². The zero-order valence-corrected chi connectivity index (χ0v) is 27.8. The number of aromatic nitrogens is 1. The van der Waals surface area contributed by atoms with E-state index in [2.05, 4.69) is 97.0 Å². The predicted molar refractivity (Wildman–Crippen MR) is 162 cm³/mol. The van der Waals surface area contributed by atoms with E-state index in [0.717, 1.165) is 85.6 Å². The SMILES string of the molecule is CCCc1cccc(CCC)c1N=C(C)c1cc(C)cc(C(C)=Nc2c(CCC)cccc2CCC)n1.[Cl-].[Cl-].[Fe+2]. The molecule has 0 saturated heterocycles. The summed E-state index contributed by atoms with van der Waals surface area (Å²) in [6, 6.07) is 17.5. The molecular weight excluding hydrogens is 577 g/mol. The third-order valence-electron chi connectivity index (χ3n) is 6.75. The normalized spacial score (nSPS) is 11.4. The molecule has 0 saturated carbocycles. The van der Waals surface area contributed by atoms with E-state index in [1.807, 2.05) is 0 Å². The van der Waals surface area contributed by atoms with Gasteiger partial charge < -0.3 is 24.8 Å². The number of aliphatic imine (C=N–C) groups is 2. The van der Waals surface area contributed by atoms with Gasteiger partial charge in [-0.25, -0.2) is 4.98 Å². The summed E-state index contributed by atoms with van der Waals surface area (Å²) >= 11 is 0. The van der Waals surface area contributed by atoms with Crippen LogP contribution in [0.5, 0.6) is 0 Å². The summed E-state index contributed by atoms with van der Waals surface area (Å²) in [6.07, 6.45) is 8.60. The van der Waals surface area contributed by atoms with Crippen molar-refractivity contribution >= 4 is 22.8 Å². The van der Waals surface area contributed by atoms with Crippen molar-refractivity contribution in [3.8, 4) is 0 Å². The molecule has 6 heteroatoms. The molecule has 1 aromatic heterocycles. The van der Waals surface area contributed by atoms with Crippen LogP contribution in [0, 0.1) is 6.92 Å².